The highest BCUT2D eigenvalue weighted by atomic mass is 32.2. The topological polar surface area (TPSA) is 82.6 Å². The van der Waals surface area contributed by atoms with Crippen LogP contribution in [0.1, 0.15) is 23.8 Å². The van der Waals surface area contributed by atoms with Crippen molar-refractivity contribution in [2.24, 2.45) is 0 Å². The number of aromatic nitrogens is 2. The molecule has 1 saturated heterocycles. The summed E-state index contributed by atoms with van der Waals surface area (Å²) in [4.78, 5) is 26.1. The summed E-state index contributed by atoms with van der Waals surface area (Å²) in [5.74, 6) is 0. The monoisotopic (exact) mass is 422 g/mol. The first kappa shape index (κ1) is 20.8. The third-order valence-corrected chi connectivity index (χ3v) is 5.47. The largest absolute Gasteiger partial charge is 0.472 e. The molecular formula is C19H22N2O5S2. The maximum absolute atomic E-state index is 12.2. The van der Waals surface area contributed by atoms with Gasteiger partial charge in [0.05, 0.1) is 13.2 Å². The van der Waals surface area contributed by atoms with Gasteiger partial charge in [-0.1, -0.05) is 42.1 Å². The Bertz CT molecular complexity index is 928. The van der Waals surface area contributed by atoms with Gasteiger partial charge in [-0.05, 0) is 31.0 Å². The zero-order valence-electron chi connectivity index (χ0n) is 15.6. The highest BCUT2D eigenvalue weighted by Crippen LogP contribution is 2.31. The van der Waals surface area contributed by atoms with Gasteiger partial charge in [-0.2, -0.15) is 0 Å². The Balaban J connectivity index is 1.71. The molecule has 7 nitrogen and oxygen atoms in total. The van der Waals surface area contributed by atoms with Crippen molar-refractivity contribution < 1.29 is 14.2 Å². The number of hydrogen-bond donors (Lipinski definition) is 1. The number of rotatable bonds is 6. The molecule has 3 atom stereocenters. The second-order valence-electron chi connectivity index (χ2n) is 6.45. The molecule has 1 aromatic carbocycles. The normalized spacial score (nSPS) is 21.6. The van der Waals surface area contributed by atoms with Gasteiger partial charge in [0.2, 0.25) is 4.38 Å². The summed E-state index contributed by atoms with van der Waals surface area (Å²) < 4.78 is 19.5. The predicted octanol–water partition coefficient (Wildman–Crippen LogP) is 2.38. The van der Waals surface area contributed by atoms with E-state index in [2.05, 4.69) is 4.98 Å². The number of aromatic amines is 1. The zero-order valence-corrected chi connectivity index (χ0v) is 17.3. The maximum atomic E-state index is 12.2. The molecule has 0 saturated carbocycles. The van der Waals surface area contributed by atoms with E-state index >= 15 is 0 Å². The quantitative estimate of drug-likeness (QED) is 0.716. The van der Waals surface area contributed by atoms with Crippen molar-refractivity contribution in [2.45, 2.75) is 38.4 Å². The Labute approximate surface area is 172 Å². The summed E-state index contributed by atoms with van der Waals surface area (Å²) in [6.45, 7) is 2.38. The van der Waals surface area contributed by atoms with Crippen LogP contribution in [-0.2, 0) is 20.8 Å². The van der Waals surface area contributed by atoms with Crippen molar-refractivity contribution in [1.82, 2.24) is 9.55 Å². The lowest BCUT2D eigenvalue weighted by atomic mass is 10.2. The van der Waals surface area contributed by atoms with Crippen LogP contribution in [-0.4, -0.2) is 39.0 Å². The molecule has 1 fully saturated rings. The highest BCUT2D eigenvalue weighted by Gasteiger charge is 2.39. The van der Waals surface area contributed by atoms with Crippen LogP contribution in [0.2, 0.25) is 0 Å². The molecule has 2 heterocycles. The van der Waals surface area contributed by atoms with Gasteiger partial charge in [0.15, 0.2) is 0 Å². The fourth-order valence-electron chi connectivity index (χ4n) is 2.98. The second-order valence-corrected chi connectivity index (χ2v) is 7.86. The lowest BCUT2D eigenvalue weighted by Crippen LogP contribution is -2.33. The van der Waals surface area contributed by atoms with Crippen molar-refractivity contribution in [2.75, 3.05) is 12.9 Å². The lowest BCUT2D eigenvalue weighted by Gasteiger charge is -2.19. The van der Waals surface area contributed by atoms with Crippen LogP contribution < -0.4 is 11.2 Å². The second kappa shape index (κ2) is 9.51. The van der Waals surface area contributed by atoms with E-state index in [1.807, 2.05) is 36.6 Å². The van der Waals surface area contributed by atoms with Crippen LogP contribution in [0.5, 0.6) is 0 Å². The molecule has 1 aromatic heterocycles. The summed E-state index contributed by atoms with van der Waals surface area (Å²) in [6.07, 6.45) is 2.46. The summed E-state index contributed by atoms with van der Waals surface area (Å²) >= 11 is 6.52. The maximum Gasteiger partial charge on any atom is 0.330 e. The smallest absolute Gasteiger partial charge is 0.330 e. The lowest BCUT2D eigenvalue weighted by molar-refractivity contribution is -0.0640. The molecule has 1 aliphatic rings. The van der Waals surface area contributed by atoms with Gasteiger partial charge in [0.25, 0.3) is 5.56 Å². The molecule has 1 aliphatic heterocycles. The van der Waals surface area contributed by atoms with E-state index in [-0.39, 0.29) is 6.10 Å². The molecule has 1 N–H and O–H groups in total. The van der Waals surface area contributed by atoms with Gasteiger partial charge in [0, 0.05) is 18.2 Å². The number of thioether (sulfide) groups is 1. The number of nitrogens with zero attached hydrogens (tertiary/aromatic N) is 1. The number of hydrogen-bond acceptors (Lipinski definition) is 7. The number of benzene rings is 1. The van der Waals surface area contributed by atoms with Crippen LogP contribution in [0.15, 0.2) is 46.1 Å². The zero-order chi connectivity index (χ0) is 20.1. The fraction of sp³-hybridized carbons (Fsp3) is 0.421. The van der Waals surface area contributed by atoms with Crippen molar-refractivity contribution in [3.8, 4) is 0 Å². The fourth-order valence-corrected chi connectivity index (χ4v) is 3.33. The number of H-pyrrole nitrogens is 1. The van der Waals surface area contributed by atoms with Crippen LogP contribution in [0.4, 0.5) is 0 Å². The molecule has 0 bridgehead atoms. The van der Waals surface area contributed by atoms with Crippen LogP contribution in [0.25, 0.3) is 0 Å². The molecule has 9 heteroatoms. The summed E-state index contributed by atoms with van der Waals surface area (Å²) in [5.41, 5.74) is 0.571. The summed E-state index contributed by atoms with van der Waals surface area (Å²) in [7, 11) is 0. The van der Waals surface area contributed by atoms with Gasteiger partial charge in [-0.3, -0.25) is 14.3 Å². The van der Waals surface area contributed by atoms with E-state index < -0.39 is 23.6 Å². The molecule has 3 rings (SSSR count). The van der Waals surface area contributed by atoms with Crippen molar-refractivity contribution in [3.05, 3.63) is 68.5 Å². The van der Waals surface area contributed by atoms with Crippen LogP contribution in [0, 0.1) is 6.92 Å². The van der Waals surface area contributed by atoms with Crippen LogP contribution >= 0.6 is 24.0 Å². The minimum atomic E-state index is -0.567. The molecule has 0 amide bonds. The summed E-state index contributed by atoms with van der Waals surface area (Å²) in [6, 6.07) is 9.82. The van der Waals surface area contributed by atoms with Crippen molar-refractivity contribution >= 4 is 28.4 Å². The van der Waals surface area contributed by atoms with E-state index in [1.54, 1.807) is 6.92 Å². The Hall–Kier alpha value is -1.94. The van der Waals surface area contributed by atoms with Crippen LogP contribution in [0.3, 0.4) is 0 Å². The Morgan fingerprint density at radius 3 is 2.82 bits per heavy atom. The SMILES string of the molecule is CSC(=S)O[C@H]1C[C@H](n2cc(C)c(=O)[nH]c2=O)O[C@@H]1COCc1ccccc1. The highest BCUT2D eigenvalue weighted by molar-refractivity contribution is 8.22. The first-order chi connectivity index (χ1) is 13.5. The average Bonchev–Trinajstić information content (AvgIpc) is 3.07. The minimum absolute atomic E-state index is 0.296. The van der Waals surface area contributed by atoms with Gasteiger partial charge in [0.1, 0.15) is 18.4 Å². The number of aryl methyl sites for hydroxylation is 1. The Morgan fingerprint density at radius 1 is 1.36 bits per heavy atom. The minimum Gasteiger partial charge on any atom is -0.472 e. The third kappa shape index (κ3) is 5.11. The summed E-state index contributed by atoms with van der Waals surface area (Å²) in [5, 5.41) is 0. The number of nitrogens with one attached hydrogen (secondary N) is 1. The van der Waals surface area contributed by atoms with Crippen molar-refractivity contribution in [1.29, 1.82) is 0 Å². The Morgan fingerprint density at radius 2 is 2.11 bits per heavy atom. The van der Waals surface area contributed by atoms with E-state index in [0.717, 1.165) is 5.56 Å². The van der Waals surface area contributed by atoms with E-state index in [0.29, 0.717) is 29.6 Å². The van der Waals surface area contributed by atoms with E-state index in [1.165, 1.54) is 22.5 Å². The predicted molar refractivity (Wildman–Crippen MR) is 112 cm³/mol. The number of ether oxygens (including phenoxy) is 3. The Kier molecular flexibility index (Phi) is 7.06. The van der Waals surface area contributed by atoms with Gasteiger partial charge < -0.3 is 14.2 Å². The molecule has 2 aromatic rings. The molecule has 28 heavy (non-hydrogen) atoms. The molecule has 0 spiro atoms. The van der Waals surface area contributed by atoms with E-state index in [9.17, 15) is 9.59 Å². The molecule has 0 unspecified atom stereocenters. The van der Waals surface area contributed by atoms with Crippen molar-refractivity contribution in [3.63, 3.8) is 0 Å². The average molecular weight is 423 g/mol. The van der Waals surface area contributed by atoms with E-state index in [4.69, 9.17) is 26.4 Å². The first-order valence-corrected chi connectivity index (χ1v) is 10.4. The standard InChI is InChI=1S/C19H22N2O5S2/c1-12-9-21(18(23)20-17(12)22)16-8-14(26-19(27)28-2)15(25-16)11-24-10-13-6-4-3-5-7-13/h3-7,9,14-16H,8,10-11H2,1-2H3,(H,20,22,23)/t14-,15+,16+/m0/s1. The van der Waals surface area contributed by atoms with Gasteiger partial charge in [-0.15, -0.1) is 0 Å². The molecule has 0 radical (unpaired) electrons. The molecule has 150 valence electrons. The first-order valence-electron chi connectivity index (χ1n) is 8.81. The molecular weight excluding hydrogens is 400 g/mol. The third-order valence-electron chi connectivity index (χ3n) is 4.44. The van der Waals surface area contributed by atoms with Gasteiger partial charge in [-0.25, -0.2) is 4.79 Å². The molecule has 0 aliphatic carbocycles. The number of thiocarbonyl (C=S) groups is 1. The van der Waals surface area contributed by atoms with Gasteiger partial charge >= 0.3 is 5.69 Å².